The molecule has 15 heavy (non-hydrogen) atoms. The molecule has 0 atom stereocenters. The van der Waals surface area contributed by atoms with Gasteiger partial charge in [0, 0.05) is 19.2 Å². The zero-order chi connectivity index (χ0) is 11.5. The topological polar surface area (TPSA) is 34.0 Å². The Labute approximate surface area is 84.5 Å². The van der Waals surface area contributed by atoms with Gasteiger partial charge in [-0.1, -0.05) is 6.07 Å². The van der Waals surface area contributed by atoms with Gasteiger partial charge in [0.1, 0.15) is 5.69 Å². The molecule has 0 saturated heterocycles. The normalized spacial score (nSPS) is 11.7. The number of aromatic nitrogens is 1. The maximum absolute atomic E-state index is 12.5. The van der Waals surface area contributed by atoms with Crippen molar-refractivity contribution < 1.29 is 13.2 Å². The van der Waals surface area contributed by atoms with Crippen molar-refractivity contribution in [2.24, 2.45) is 0 Å². The molecule has 3 nitrogen and oxygen atoms in total. The van der Waals surface area contributed by atoms with Crippen molar-refractivity contribution >= 4 is 0 Å². The molecule has 0 aliphatic heterocycles. The second-order valence-electron chi connectivity index (χ2n) is 3.00. The molecule has 1 rings (SSSR count). The van der Waals surface area contributed by atoms with E-state index in [9.17, 15) is 18.0 Å². The van der Waals surface area contributed by atoms with E-state index in [0.29, 0.717) is 6.54 Å². The third-order valence-corrected chi connectivity index (χ3v) is 1.93. The van der Waals surface area contributed by atoms with Crippen LogP contribution in [0, 0.1) is 0 Å². The maximum atomic E-state index is 12.5. The fourth-order valence-corrected chi connectivity index (χ4v) is 1.22. The van der Waals surface area contributed by atoms with Crippen LogP contribution in [-0.2, 0) is 12.7 Å². The van der Waals surface area contributed by atoms with Gasteiger partial charge in [-0.25, -0.2) is 0 Å². The van der Waals surface area contributed by atoms with E-state index in [4.69, 9.17) is 0 Å². The fraction of sp³-hybridized carbons (Fsp3) is 0.444. The molecule has 0 aliphatic rings. The summed E-state index contributed by atoms with van der Waals surface area (Å²) in [6.45, 7) is 0.317. The predicted molar refractivity (Wildman–Crippen MR) is 49.6 cm³/mol. The lowest BCUT2D eigenvalue weighted by Crippen LogP contribution is -2.30. The zero-order valence-electron chi connectivity index (χ0n) is 8.14. The molecular formula is C9H11F3N2O. The standard InChI is InChI=1S/C9H11F3N2O/c1-13-5-6-14-7(9(10,11)12)3-2-4-8(14)15/h2-4,13H,5-6H2,1H3. The lowest BCUT2D eigenvalue weighted by atomic mass is 10.3. The quantitative estimate of drug-likeness (QED) is 0.827. The summed E-state index contributed by atoms with van der Waals surface area (Å²) < 4.78 is 38.1. The second kappa shape index (κ2) is 4.48. The molecule has 1 heterocycles. The molecule has 0 saturated carbocycles. The molecule has 1 N–H and O–H groups in total. The Morgan fingerprint density at radius 3 is 2.60 bits per heavy atom. The minimum atomic E-state index is -4.49. The summed E-state index contributed by atoms with van der Waals surface area (Å²) in [6, 6.07) is 3.13. The smallest absolute Gasteiger partial charge is 0.318 e. The first kappa shape index (κ1) is 11.8. The molecule has 0 unspecified atom stereocenters. The number of pyridine rings is 1. The highest BCUT2D eigenvalue weighted by molar-refractivity contribution is 5.10. The van der Waals surface area contributed by atoms with Crippen molar-refractivity contribution in [1.29, 1.82) is 0 Å². The molecule has 1 aromatic heterocycles. The van der Waals surface area contributed by atoms with Gasteiger partial charge in [-0.3, -0.25) is 4.79 Å². The number of likely N-dealkylation sites (N-methyl/N-ethyl adjacent to an activating group) is 1. The molecule has 0 aromatic carbocycles. The van der Waals surface area contributed by atoms with Gasteiger partial charge in [-0.15, -0.1) is 0 Å². The summed E-state index contributed by atoms with van der Waals surface area (Å²) in [5.74, 6) is 0. The van der Waals surface area contributed by atoms with E-state index < -0.39 is 17.4 Å². The fourth-order valence-electron chi connectivity index (χ4n) is 1.22. The zero-order valence-corrected chi connectivity index (χ0v) is 8.14. The molecule has 0 fully saturated rings. The van der Waals surface area contributed by atoms with Gasteiger partial charge in [0.2, 0.25) is 0 Å². The summed E-state index contributed by atoms with van der Waals surface area (Å²) in [7, 11) is 1.61. The summed E-state index contributed by atoms with van der Waals surface area (Å²) in [5.41, 5.74) is -1.55. The first-order valence-corrected chi connectivity index (χ1v) is 4.38. The lowest BCUT2D eigenvalue weighted by molar-refractivity contribution is -0.144. The van der Waals surface area contributed by atoms with Crippen LogP contribution in [0.2, 0.25) is 0 Å². The van der Waals surface area contributed by atoms with Crippen molar-refractivity contribution in [3.05, 3.63) is 34.2 Å². The Balaban J connectivity index is 3.15. The monoisotopic (exact) mass is 220 g/mol. The van der Waals surface area contributed by atoms with Gasteiger partial charge >= 0.3 is 6.18 Å². The Kier molecular flexibility index (Phi) is 3.52. The Bertz CT molecular complexity index is 384. The van der Waals surface area contributed by atoms with Crippen LogP contribution in [0.25, 0.3) is 0 Å². The van der Waals surface area contributed by atoms with Gasteiger partial charge in [0.25, 0.3) is 5.56 Å². The molecular weight excluding hydrogens is 209 g/mol. The first-order chi connectivity index (χ1) is 6.96. The highest BCUT2D eigenvalue weighted by Crippen LogP contribution is 2.27. The number of hydrogen-bond donors (Lipinski definition) is 1. The van der Waals surface area contributed by atoms with E-state index in [1.54, 1.807) is 7.05 Å². The highest BCUT2D eigenvalue weighted by Gasteiger charge is 2.33. The Morgan fingerprint density at radius 2 is 2.07 bits per heavy atom. The van der Waals surface area contributed by atoms with Crippen molar-refractivity contribution in [3.63, 3.8) is 0 Å². The first-order valence-electron chi connectivity index (χ1n) is 4.38. The highest BCUT2D eigenvalue weighted by atomic mass is 19.4. The van der Waals surface area contributed by atoms with Crippen molar-refractivity contribution in [3.8, 4) is 0 Å². The summed E-state index contributed by atoms with van der Waals surface area (Å²) >= 11 is 0. The average molecular weight is 220 g/mol. The van der Waals surface area contributed by atoms with Crippen LogP contribution in [0.3, 0.4) is 0 Å². The minimum Gasteiger partial charge on any atom is -0.318 e. The van der Waals surface area contributed by atoms with E-state index in [0.717, 1.165) is 22.8 Å². The van der Waals surface area contributed by atoms with Gasteiger partial charge < -0.3 is 9.88 Å². The van der Waals surface area contributed by atoms with Gasteiger partial charge in [-0.2, -0.15) is 13.2 Å². The molecule has 6 heteroatoms. The van der Waals surface area contributed by atoms with Crippen LogP contribution in [0.1, 0.15) is 5.69 Å². The molecule has 84 valence electrons. The van der Waals surface area contributed by atoms with Crippen molar-refractivity contribution in [1.82, 2.24) is 9.88 Å². The number of hydrogen-bond acceptors (Lipinski definition) is 2. The van der Waals surface area contributed by atoms with Crippen LogP contribution < -0.4 is 10.9 Å². The lowest BCUT2D eigenvalue weighted by Gasteiger charge is -2.14. The maximum Gasteiger partial charge on any atom is 0.431 e. The summed E-state index contributed by atoms with van der Waals surface area (Å²) in [5, 5.41) is 2.69. The number of alkyl halides is 3. The van der Waals surface area contributed by atoms with Gasteiger partial charge in [-0.05, 0) is 13.1 Å². The van der Waals surface area contributed by atoms with Crippen LogP contribution >= 0.6 is 0 Å². The third-order valence-electron chi connectivity index (χ3n) is 1.93. The number of halogens is 3. The van der Waals surface area contributed by atoms with Gasteiger partial charge in [0.05, 0.1) is 0 Å². The van der Waals surface area contributed by atoms with Crippen LogP contribution in [-0.4, -0.2) is 18.2 Å². The average Bonchev–Trinajstić information content (AvgIpc) is 2.14. The molecule has 0 amide bonds. The molecule has 0 aliphatic carbocycles. The van der Waals surface area contributed by atoms with E-state index >= 15 is 0 Å². The van der Waals surface area contributed by atoms with E-state index in [1.807, 2.05) is 0 Å². The predicted octanol–water partition coefficient (Wildman–Crippen LogP) is 1.09. The van der Waals surface area contributed by atoms with E-state index in [1.165, 1.54) is 0 Å². The second-order valence-corrected chi connectivity index (χ2v) is 3.00. The van der Waals surface area contributed by atoms with Gasteiger partial charge in [0.15, 0.2) is 0 Å². The van der Waals surface area contributed by atoms with Crippen LogP contribution in [0.15, 0.2) is 23.0 Å². The van der Waals surface area contributed by atoms with Crippen LogP contribution in [0.4, 0.5) is 13.2 Å². The Hall–Kier alpha value is -1.30. The largest absolute Gasteiger partial charge is 0.431 e. The molecule has 1 aromatic rings. The SMILES string of the molecule is CNCCn1c(C(F)(F)F)cccc1=O. The summed E-state index contributed by atoms with van der Waals surface area (Å²) in [6.07, 6.45) is -4.49. The number of nitrogens with one attached hydrogen (secondary N) is 1. The number of nitrogens with zero attached hydrogens (tertiary/aromatic N) is 1. The van der Waals surface area contributed by atoms with Crippen LogP contribution in [0.5, 0.6) is 0 Å². The number of rotatable bonds is 3. The minimum absolute atomic E-state index is 0.00498. The summed E-state index contributed by atoms with van der Waals surface area (Å²) in [4.78, 5) is 11.2. The third kappa shape index (κ3) is 2.82. The van der Waals surface area contributed by atoms with E-state index in [2.05, 4.69) is 5.32 Å². The Morgan fingerprint density at radius 1 is 1.40 bits per heavy atom. The molecule has 0 radical (unpaired) electrons. The van der Waals surface area contributed by atoms with Crippen molar-refractivity contribution in [2.45, 2.75) is 12.7 Å². The molecule has 0 spiro atoms. The van der Waals surface area contributed by atoms with E-state index in [-0.39, 0.29) is 6.54 Å². The van der Waals surface area contributed by atoms with Crippen molar-refractivity contribution in [2.75, 3.05) is 13.6 Å². The molecule has 0 bridgehead atoms.